The first-order valence-electron chi connectivity index (χ1n) is 12.0. The molecule has 3 N–H and O–H groups in total. The first-order valence-corrected chi connectivity index (χ1v) is 14.7. The first-order chi connectivity index (χ1) is 17.1. The van der Waals surface area contributed by atoms with Crippen molar-refractivity contribution in [2.75, 3.05) is 54.3 Å². The van der Waals surface area contributed by atoms with E-state index in [2.05, 4.69) is 26.4 Å². The molecule has 196 valence electrons. The van der Waals surface area contributed by atoms with Crippen LogP contribution in [0.5, 0.6) is 0 Å². The average Bonchev–Trinajstić information content (AvgIpc) is 2.82. The van der Waals surface area contributed by atoms with Crippen molar-refractivity contribution >= 4 is 56.3 Å². The minimum absolute atomic E-state index is 0.0472. The van der Waals surface area contributed by atoms with Crippen LogP contribution >= 0.6 is 23.2 Å². The van der Waals surface area contributed by atoms with Crippen molar-refractivity contribution < 1.29 is 13.2 Å². The number of carbonyl (C=O) groups is 1. The number of nitrogens with two attached hydrogens (primary N) is 1. The molecule has 0 unspecified atom stereocenters. The van der Waals surface area contributed by atoms with Gasteiger partial charge in [-0.05, 0) is 43.5 Å². The summed E-state index contributed by atoms with van der Waals surface area (Å²) in [6, 6.07) is 7.32. The molecule has 1 aromatic carbocycles. The van der Waals surface area contributed by atoms with Gasteiger partial charge in [0, 0.05) is 55.5 Å². The van der Waals surface area contributed by atoms with Crippen molar-refractivity contribution in [1.29, 1.82) is 0 Å². The minimum Gasteiger partial charge on any atom is -0.398 e. The molecule has 0 bridgehead atoms. The van der Waals surface area contributed by atoms with E-state index in [1.807, 2.05) is 4.90 Å². The summed E-state index contributed by atoms with van der Waals surface area (Å²) in [5.41, 5.74) is 7.28. The number of hydrogen-bond acceptors (Lipinski definition) is 7. The largest absolute Gasteiger partial charge is 0.398 e. The van der Waals surface area contributed by atoms with Crippen LogP contribution in [0, 0.1) is 0 Å². The van der Waals surface area contributed by atoms with E-state index >= 15 is 0 Å². The highest BCUT2D eigenvalue weighted by atomic mass is 35.5. The third-order valence-corrected chi connectivity index (χ3v) is 8.01. The lowest BCUT2D eigenvalue weighted by atomic mass is 9.97. The number of piperazine rings is 1. The van der Waals surface area contributed by atoms with Gasteiger partial charge in [0.25, 0.3) is 5.91 Å². The molecule has 1 amide bonds. The van der Waals surface area contributed by atoms with Crippen molar-refractivity contribution in [1.82, 2.24) is 14.8 Å². The fourth-order valence-electron chi connectivity index (χ4n) is 5.14. The summed E-state index contributed by atoms with van der Waals surface area (Å²) in [5.74, 6) is 0.615. The number of likely N-dealkylation sites (tertiary alicyclic amines) is 1. The molecule has 0 saturated carbocycles. The molecule has 2 fully saturated rings. The predicted octanol–water partition coefficient (Wildman–Crippen LogP) is 3.55. The third kappa shape index (κ3) is 6.16. The van der Waals surface area contributed by atoms with Crippen molar-refractivity contribution in [2.45, 2.75) is 38.3 Å². The summed E-state index contributed by atoms with van der Waals surface area (Å²) >= 11 is 12.5. The number of halogens is 2. The van der Waals surface area contributed by atoms with E-state index in [0.29, 0.717) is 58.0 Å². The Morgan fingerprint density at radius 2 is 1.89 bits per heavy atom. The van der Waals surface area contributed by atoms with E-state index in [-0.39, 0.29) is 5.91 Å². The molecule has 1 aromatic heterocycles. The number of nitrogens with one attached hydrogen (secondary N) is 1. The number of carbonyl (C=O) groups excluding carboxylic acids is 1. The average molecular weight is 556 g/mol. The lowest BCUT2D eigenvalue weighted by Crippen LogP contribution is -2.58. The van der Waals surface area contributed by atoms with Gasteiger partial charge in [-0.25, -0.2) is 13.4 Å². The Labute approximate surface area is 222 Å². The molecule has 4 rings (SSSR count). The van der Waals surface area contributed by atoms with Gasteiger partial charge in [-0.1, -0.05) is 30.1 Å². The highest BCUT2D eigenvalue weighted by Crippen LogP contribution is 2.31. The Balaban J connectivity index is 1.37. The highest BCUT2D eigenvalue weighted by molar-refractivity contribution is 7.92. The van der Waals surface area contributed by atoms with Gasteiger partial charge in [0.1, 0.15) is 5.82 Å². The fourth-order valence-corrected chi connectivity index (χ4v) is 6.14. The van der Waals surface area contributed by atoms with E-state index < -0.39 is 10.0 Å². The summed E-state index contributed by atoms with van der Waals surface area (Å²) in [7, 11) is -3.40. The standard InChI is InChI=1S/C24H32Cl2N6O3S/c1-3-18-15-31(23-21(26)13-17(14-28-23)29-36(2,34)35)10-11-32(18)19-6-8-30(9-7-19)24(33)20-5-4-16(25)12-22(20)27/h4-5,12-14,18-19,29H,3,6-11,15,27H2,1-2H3/t18-/m0/s1. The number of piperidine rings is 1. The van der Waals surface area contributed by atoms with Gasteiger partial charge in [0.15, 0.2) is 0 Å². The number of benzene rings is 1. The molecule has 0 radical (unpaired) electrons. The van der Waals surface area contributed by atoms with Crippen LogP contribution in [0.1, 0.15) is 36.5 Å². The van der Waals surface area contributed by atoms with Crippen molar-refractivity contribution in [2.24, 2.45) is 0 Å². The molecule has 0 spiro atoms. The number of pyridine rings is 1. The lowest BCUT2D eigenvalue weighted by Gasteiger charge is -2.47. The van der Waals surface area contributed by atoms with Gasteiger partial charge in [-0.2, -0.15) is 0 Å². The predicted molar refractivity (Wildman–Crippen MR) is 146 cm³/mol. The van der Waals surface area contributed by atoms with Gasteiger partial charge in [0.2, 0.25) is 10.0 Å². The van der Waals surface area contributed by atoms with Gasteiger partial charge < -0.3 is 15.5 Å². The summed E-state index contributed by atoms with van der Waals surface area (Å²) in [4.78, 5) is 24.0. The minimum atomic E-state index is -3.40. The molecule has 12 heteroatoms. The number of nitrogens with zero attached hydrogens (tertiary/aromatic N) is 4. The molecular weight excluding hydrogens is 523 g/mol. The summed E-state index contributed by atoms with van der Waals surface area (Å²) in [6.45, 7) is 5.96. The number of nitrogen functional groups attached to an aromatic ring is 1. The second-order valence-electron chi connectivity index (χ2n) is 9.40. The molecule has 2 saturated heterocycles. The molecule has 9 nitrogen and oxygen atoms in total. The van der Waals surface area contributed by atoms with Crippen molar-refractivity contribution in [3.8, 4) is 0 Å². The number of aromatic nitrogens is 1. The Morgan fingerprint density at radius 3 is 2.50 bits per heavy atom. The van der Waals surface area contributed by atoms with Crippen LogP contribution in [-0.4, -0.2) is 80.2 Å². The molecule has 2 aliphatic heterocycles. The molecule has 3 heterocycles. The van der Waals surface area contributed by atoms with Gasteiger partial charge in [-0.3, -0.25) is 14.4 Å². The van der Waals surface area contributed by atoms with Crippen molar-refractivity contribution in [3.05, 3.63) is 46.1 Å². The number of rotatable bonds is 6. The second-order valence-corrected chi connectivity index (χ2v) is 12.0. The van der Waals surface area contributed by atoms with E-state index in [1.165, 1.54) is 6.20 Å². The SMILES string of the molecule is CC[C@H]1CN(c2ncc(NS(C)(=O)=O)cc2Cl)CCN1C1CCN(C(=O)c2ccc(Cl)cc2N)CC1. The van der Waals surface area contributed by atoms with E-state index in [1.54, 1.807) is 24.3 Å². The number of sulfonamides is 1. The van der Waals surface area contributed by atoms with E-state index in [9.17, 15) is 13.2 Å². The molecule has 36 heavy (non-hydrogen) atoms. The first kappa shape index (κ1) is 26.8. The van der Waals surface area contributed by atoms with E-state index in [0.717, 1.165) is 45.2 Å². The number of anilines is 3. The number of hydrogen-bond donors (Lipinski definition) is 2. The highest BCUT2D eigenvalue weighted by Gasteiger charge is 2.35. The number of amides is 1. The summed E-state index contributed by atoms with van der Waals surface area (Å²) in [5, 5.41) is 0.936. The van der Waals surface area contributed by atoms with E-state index in [4.69, 9.17) is 28.9 Å². The lowest BCUT2D eigenvalue weighted by molar-refractivity contribution is 0.0491. The maximum atomic E-state index is 13.0. The van der Waals surface area contributed by atoms with Crippen LogP contribution in [0.3, 0.4) is 0 Å². The van der Waals surface area contributed by atoms with Gasteiger partial charge >= 0.3 is 0 Å². The van der Waals surface area contributed by atoms with Crippen LogP contribution in [0.25, 0.3) is 0 Å². The Hall–Kier alpha value is -2.27. The topological polar surface area (TPSA) is 112 Å². The van der Waals surface area contributed by atoms with Crippen LogP contribution in [0.15, 0.2) is 30.5 Å². The normalized spacial score (nSPS) is 19.9. The van der Waals surface area contributed by atoms with Gasteiger partial charge in [-0.15, -0.1) is 0 Å². The van der Waals surface area contributed by atoms with Crippen molar-refractivity contribution in [3.63, 3.8) is 0 Å². The smallest absolute Gasteiger partial charge is 0.255 e. The molecule has 0 aliphatic carbocycles. The fraction of sp³-hybridized carbons (Fsp3) is 0.500. The Bertz CT molecular complexity index is 1220. The maximum Gasteiger partial charge on any atom is 0.255 e. The van der Waals surface area contributed by atoms with Gasteiger partial charge in [0.05, 0.1) is 28.7 Å². The summed E-state index contributed by atoms with van der Waals surface area (Å²) < 4.78 is 25.4. The van der Waals surface area contributed by atoms with Crippen LogP contribution in [0.2, 0.25) is 10.0 Å². The Morgan fingerprint density at radius 1 is 1.17 bits per heavy atom. The zero-order chi connectivity index (χ0) is 26.0. The zero-order valence-corrected chi connectivity index (χ0v) is 22.8. The van der Waals surface area contributed by atoms with Crippen LogP contribution in [0.4, 0.5) is 17.2 Å². The zero-order valence-electron chi connectivity index (χ0n) is 20.5. The van der Waals surface area contributed by atoms with Crippen LogP contribution < -0.4 is 15.4 Å². The monoisotopic (exact) mass is 554 g/mol. The maximum absolute atomic E-state index is 13.0. The second kappa shape index (κ2) is 11.0. The third-order valence-electron chi connectivity index (χ3n) is 6.89. The van der Waals surface area contributed by atoms with Crippen LogP contribution in [-0.2, 0) is 10.0 Å². The molecule has 2 aliphatic rings. The molecule has 2 aromatic rings. The quantitative estimate of drug-likeness (QED) is 0.525. The summed E-state index contributed by atoms with van der Waals surface area (Å²) in [6.07, 6.45) is 5.37. The molecular formula is C24H32Cl2N6O3S. The Kier molecular flexibility index (Phi) is 8.18. The molecule has 1 atom stereocenters.